The molecule has 1 saturated heterocycles. The molecule has 4 rings (SSSR count). The molecule has 2 aromatic carbocycles. The standard InChI is InChI=1S/C29H37N3O5/c1-31(15-8-13-28(34)36-2)27(33)14-16-32-19-22-17-24(18-23(22)20-32)37-29(35)30-26-12-7-6-11-25(26)21-9-4-3-5-10-21/h3-7,9-12,22-24H,8,13-20H2,1-2H3,(H,30,35)/t22-,23+,24?. The van der Waals surface area contributed by atoms with Crippen LogP contribution in [0.3, 0.4) is 0 Å². The fourth-order valence-corrected chi connectivity index (χ4v) is 5.50. The van der Waals surface area contributed by atoms with E-state index in [1.54, 1.807) is 11.9 Å². The van der Waals surface area contributed by atoms with Gasteiger partial charge in [-0.15, -0.1) is 0 Å². The zero-order chi connectivity index (χ0) is 26.2. The Hall–Kier alpha value is -3.39. The summed E-state index contributed by atoms with van der Waals surface area (Å²) >= 11 is 0. The summed E-state index contributed by atoms with van der Waals surface area (Å²) < 4.78 is 10.4. The van der Waals surface area contributed by atoms with Crippen molar-refractivity contribution in [2.45, 2.75) is 38.2 Å². The summed E-state index contributed by atoms with van der Waals surface area (Å²) in [6, 6.07) is 17.7. The number of hydrogen-bond acceptors (Lipinski definition) is 6. The molecule has 1 N–H and O–H groups in total. The summed E-state index contributed by atoms with van der Waals surface area (Å²) in [5.74, 6) is 0.821. The number of amides is 2. The van der Waals surface area contributed by atoms with Gasteiger partial charge in [-0.2, -0.15) is 0 Å². The molecule has 1 aliphatic heterocycles. The van der Waals surface area contributed by atoms with Crippen LogP contribution in [-0.4, -0.2) is 74.2 Å². The molecule has 2 fully saturated rings. The summed E-state index contributed by atoms with van der Waals surface area (Å²) in [5.41, 5.74) is 2.74. The molecule has 0 bridgehead atoms. The van der Waals surface area contributed by atoms with E-state index < -0.39 is 6.09 Å². The summed E-state index contributed by atoms with van der Waals surface area (Å²) in [6.07, 6.45) is 2.62. The monoisotopic (exact) mass is 507 g/mol. The predicted molar refractivity (Wildman–Crippen MR) is 142 cm³/mol. The molecule has 198 valence electrons. The van der Waals surface area contributed by atoms with Gasteiger partial charge < -0.3 is 19.3 Å². The first-order valence-corrected chi connectivity index (χ1v) is 13.1. The van der Waals surface area contributed by atoms with Crippen LogP contribution in [0.4, 0.5) is 10.5 Å². The molecule has 3 atom stereocenters. The molecular formula is C29H37N3O5. The molecule has 8 heteroatoms. The van der Waals surface area contributed by atoms with Crippen LogP contribution in [0.1, 0.15) is 32.1 Å². The van der Waals surface area contributed by atoms with Crippen molar-refractivity contribution in [3.05, 3.63) is 54.6 Å². The largest absolute Gasteiger partial charge is 0.469 e. The van der Waals surface area contributed by atoms with Crippen molar-refractivity contribution < 1.29 is 23.9 Å². The zero-order valence-corrected chi connectivity index (χ0v) is 21.7. The first-order valence-electron chi connectivity index (χ1n) is 13.1. The lowest BCUT2D eigenvalue weighted by atomic mass is 10.0. The Morgan fingerprint density at radius 3 is 2.35 bits per heavy atom. The number of anilines is 1. The average molecular weight is 508 g/mol. The molecule has 0 aromatic heterocycles. The summed E-state index contributed by atoms with van der Waals surface area (Å²) in [4.78, 5) is 40.4. The Kier molecular flexibility index (Phi) is 9.17. The highest BCUT2D eigenvalue weighted by molar-refractivity contribution is 5.91. The van der Waals surface area contributed by atoms with Crippen LogP contribution in [0, 0.1) is 11.8 Å². The smallest absolute Gasteiger partial charge is 0.411 e. The molecule has 1 saturated carbocycles. The number of nitrogens with one attached hydrogen (secondary N) is 1. The van der Waals surface area contributed by atoms with E-state index in [9.17, 15) is 14.4 Å². The number of benzene rings is 2. The predicted octanol–water partition coefficient (Wildman–Crippen LogP) is 4.41. The second-order valence-electron chi connectivity index (χ2n) is 10.1. The molecular weight excluding hydrogens is 470 g/mol. The molecule has 1 unspecified atom stereocenters. The summed E-state index contributed by atoms with van der Waals surface area (Å²) in [5, 5.41) is 2.94. The fraction of sp³-hybridized carbons (Fsp3) is 0.483. The van der Waals surface area contributed by atoms with Gasteiger partial charge in [0, 0.05) is 51.6 Å². The van der Waals surface area contributed by atoms with Gasteiger partial charge in [0.2, 0.25) is 5.91 Å². The van der Waals surface area contributed by atoms with Gasteiger partial charge >= 0.3 is 12.1 Å². The number of rotatable bonds is 10. The SMILES string of the molecule is COC(=O)CCCN(C)C(=O)CCN1C[C@H]2CC(OC(=O)Nc3ccccc3-c3ccccc3)C[C@H]2C1. The number of fused-ring (bicyclic) bond motifs is 1. The van der Waals surface area contributed by atoms with Crippen molar-refractivity contribution in [3.63, 3.8) is 0 Å². The lowest BCUT2D eigenvalue weighted by Gasteiger charge is -2.21. The van der Waals surface area contributed by atoms with Gasteiger partial charge in [0.15, 0.2) is 0 Å². The maximum absolute atomic E-state index is 12.7. The second-order valence-corrected chi connectivity index (χ2v) is 10.1. The molecule has 1 aliphatic carbocycles. The Labute approximate surface area is 218 Å². The topological polar surface area (TPSA) is 88.2 Å². The van der Waals surface area contributed by atoms with Crippen LogP contribution < -0.4 is 5.32 Å². The summed E-state index contributed by atoms with van der Waals surface area (Å²) in [7, 11) is 3.15. The van der Waals surface area contributed by atoms with Gasteiger partial charge in [0.25, 0.3) is 0 Å². The van der Waals surface area contributed by atoms with Crippen molar-refractivity contribution >= 4 is 23.7 Å². The molecule has 2 aliphatic rings. The van der Waals surface area contributed by atoms with Gasteiger partial charge in [-0.25, -0.2) is 4.79 Å². The Balaban J connectivity index is 1.18. The van der Waals surface area contributed by atoms with E-state index >= 15 is 0 Å². The quantitative estimate of drug-likeness (QED) is 0.479. The highest BCUT2D eigenvalue weighted by atomic mass is 16.6. The van der Waals surface area contributed by atoms with Gasteiger partial charge in [0.1, 0.15) is 6.10 Å². The molecule has 8 nitrogen and oxygen atoms in total. The van der Waals surface area contributed by atoms with E-state index in [1.165, 1.54) is 7.11 Å². The van der Waals surface area contributed by atoms with Crippen molar-refractivity contribution in [1.29, 1.82) is 0 Å². The number of ether oxygens (including phenoxy) is 2. The maximum Gasteiger partial charge on any atom is 0.411 e. The van der Waals surface area contributed by atoms with Gasteiger partial charge in [-0.3, -0.25) is 14.9 Å². The van der Waals surface area contributed by atoms with Crippen molar-refractivity contribution in [3.8, 4) is 11.1 Å². The van der Waals surface area contributed by atoms with Gasteiger partial charge in [-0.1, -0.05) is 48.5 Å². The third kappa shape index (κ3) is 7.32. The number of hydrogen-bond donors (Lipinski definition) is 1. The van der Waals surface area contributed by atoms with Crippen LogP contribution in [0.25, 0.3) is 11.1 Å². The molecule has 2 aromatic rings. The van der Waals surface area contributed by atoms with E-state index in [0.29, 0.717) is 37.6 Å². The van der Waals surface area contributed by atoms with Gasteiger partial charge in [0.05, 0.1) is 12.8 Å². The minimum absolute atomic E-state index is 0.0800. The Morgan fingerprint density at radius 1 is 0.973 bits per heavy atom. The number of methoxy groups -OCH3 is 1. The first kappa shape index (κ1) is 26.7. The highest BCUT2D eigenvalue weighted by Crippen LogP contribution is 2.39. The van der Waals surface area contributed by atoms with Crippen molar-refractivity contribution in [2.24, 2.45) is 11.8 Å². The lowest BCUT2D eigenvalue weighted by Crippen LogP contribution is -2.33. The third-order valence-electron chi connectivity index (χ3n) is 7.48. The normalized spacial score (nSPS) is 20.8. The van der Waals surface area contributed by atoms with Crippen molar-refractivity contribution in [1.82, 2.24) is 9.80 Å². The molecule has 2 amide bonds. The number of carbonyl (C=O) groups is 3. The average Bonchev–Trinajstić information content (AvgIpc) is 3.45. The molecule has 0 radical (unpaired) electrons. The van der Waals surface area contributed by atoms with Crippen molar-refractivity contribution in [2.75, 3.05) is 45.7 Å². The number of likely N-dealkylation sites (tertiary alicyclic amines) is 1. The minimum atomic E-state index is -0.411. The van der Waals surface area contributed by atoms with E-state index in [4.69, 9.17) is 4.74 Å². The van der Waals surface area contributed by atoms with Crippen LogP contribution in [-0.2, 0) is 19.1 Å². The third-order valence-corrected chi connectivity index (χ3v) is 7.48. The van der Waals surface area contributed by atoms with E-state index in [2.05, 4.69) is 15.0 Å². The Morgan fingerprint density at radius 2 is 1.65 bits per heavy atom. The molecule has 1 heterocycles. The van der Waals surface area contributed by atoms with Crippen LogP contribution in [0.15, 0.2) is 54.6 Å². The van der Waals surface area contributed by atoms with Crippen LogP contribution in [0.5, 0.6) is 0 Å². The molecule has 0 spiro atoms. The highest BCUT2D eigenvalue weighted by Gasteiger charge is 2.42. The number of carbonyl (C=O) groups excluding carboxylic acids is 3. The minimum Gasteiger partial charge on any atom is -0.469 e. The summed E-state index contributed by atoms with van der Waals surface area (Å²) in [6.45, 7) is 3.15. The number of esters is 1. The Bertz CT molecular complexity index is 1060. The number of nitrogens with zero attached hydrogens (tertiary/aromatic N) is 2. The second kappa shape index (κ2) is 12.7. The van der Waals surface area contributed by atoms with Crippen LogP contribution >= 0.6 is 0 Å². The fourth-order valence-electron chi connectivity index (χ4n) is 5.50. The van der Waals surface area contributed by atoms with E-state index in [1.807, 2.05) is 54.6 Å². The van der Waals surface area contributed by atoms with Gasteiger partial charge in [-0.05, 0) is 42.7 Å². The zero-order valence-electron chi connectivity index (χ0n) is 21.7. The first-order chi connectivity index (χ1) is 17.9. The van der Waals surface area contributed by atoms with E-state index in [-0.39, 0.29) is 18.0 Å². The molecule has 37 heavy (non-hydrogen) atoms. The maximum atomic E-state index is 12.7. The lowest BCUT2D eigenvalue weighted by molar-refractivity contribution is -0.141. The van der Waals surface area contributed by atoms with Crippen LogP contribution in [0.2, 0.25) is 0 Å². The number of para-hydroxylation sites is 1. The van der Waals surface area contributed by atoms with E-state index in [0.717, 1.165) is 49.3 Å².